The van der Waals surface area contributed by atoms with Crippen LogP contribution in [0.2, 0.25) is 10.0 Å². The predicted molar refractivity (Wildman–Crippen MR) is 136 cm³/mol. The molecule has 0 spiro atoms. The zero-order valence-electron chi connectivity index (χ0n) is 20.1. The Morgan fingerprint density at radius 3 is 2.72 bits per heavy atom. The molecule has 1 heterocycles. The Balaban J connectivity index is 1.49. The van der Waals surface area contributed by atoms with Gasteiger partial charge in [0, 0.05) is 12.5 Å². The highest BCUT2D eigenvalue weighted by Crippen LogP contribution is 2.43. The van der Waals surface area contributed by atoms with E-state index in [0.717, 1.165) is 5.56 Å². The van der Waals surface area contributed by atoms with Gasteiger partial charge in [0.15, 0.2) is 0 Å². The molecule has 1 fully saturated rings. The third-order valence-corrected chi connectivity index (χ3v) is 7.09. The highest BCUT2D eigenvalue weighted by molar-refractivity contribution is 6.42. The number of aliphatic hydroxyl groups is 1. The van der Waals surface area contributed by atoms with Gasteiger partial charge >= 0.3 is 11.7 Å². The van der Waals surface area contributed by atoms with Gasteiger partial charge in [-0.2, -0.15) is 0 Å². The van der Waals surface area contributed by atoms with Crippen molar-refractivity contribution in [2.75, 3.05) is 27.7 Å². The lowest BCUT2D eigenvalue weighted by Gasteiger charge is -2.44. The second-order valence-corrected chi connectivity index (χ2v) is 9.95. The monoisotopic (exact) mass is 535 g/mol. The van der Waals surface area contributed by atoms with E-state index in [9.17, 15) is 14.7 Å². The fraction of sp³-hybridized carbons (Fsp3) is 0.400. The number of hydrogen-bond donors (Lipinski definition) is 2. The van der Waals surface area contributed by atoms with Crippen molar-refractivity contribution >= 4 is 40.4 Å². The summed E-state index contributed by atoms with van der Waals surface area (Å²) >= 11 is 12.0. The molecule has 2 N–H and O–H groups in total. The molecule has 0 saturated heterocycles. The molecule has 192 valence electrons. The molecule has 0 bridgehead atoms. The van der Waals surface area contributed by atoms with Crippen molar-refractivity contribution in [3.05, 3.63) is 62.4 Å². The summed E-state index contributed by atoms with van der Waals surface area (Å²) in [6.07, 6.45) is -0.391. The van der Waals surface area contributed by atoms with Crippen LogP contribution in [0.3, 0.4) is 0 Å². The molecule has 1 aliphatic carbocycles. The number of carbonyl (C=O) groups excluding carboxylic acids is 1. The SMILES string of the molecule is COc1cccc(C2(O)CCC(OC(=O)Oc3nc4cc(Cl)c(Cl)cc4[nH]c3=O)CC2CN(C)C)c1. The summed E-state index contributed by atoms with van der Waals surface area (Å²) in [5.41, 5.74) is -0.426. The van der Waals surface area contributed by atoms with E-state index in [2.05, 4.69) is 9.97 Å². The molecule has 3 unspecified atom stereocenters. The maximum absolute atomic E-state index is 12.6. The largest absolute Gasteiger partial charge is 0.515 e. The topological polar surface area (TPSA) is 114 Å². The number of halogens is 2. The molecule has 4 rings (SSSR count). The van der Waals surface area contributed by atoms with Crippen LogP contribution in [0.4, 0.5) is 4.79 Å². The molecule has 0 aliphatic heterocycles. The standard InChI is InChI=1S/C25H27Cl2N3O6/c1-30(2)13-15-10-17(7-8-25(15,33)14-5-4-6-16(9-14)34-3)35-24(32)36-23-22(31)28-20-11-18(26)19(27)12-21(20)29-23/h4-6,9,11-12,15,17,33H,7-8,10,13H2,1-3H3,(H,28,31). The van der Waals surface area contributed by atoms with Crippen molar-refractivity contribution < 1.29 is 24.1 Å². The molecule has 1 aromatic heterocycles. The molecule has 36 heavy (non-hydrogen) atoms. The molecule has 0 radical (unpaired) electrons. The fourth-order valence-corrected chi connectivity index (χ4v) is 4.96. The van der Waals surface area contributed by atoms with Gasteiger partial charge in [-0.15, -0.1) is 0 Å². The van der Waals surface area contributed by atoms with Gasteiger partial charge in [-0.25, -0.2) is 9.78 Å². The summed E-state index contributed by atoms with van der Waals surface area (Å²) in [5, 5.41) is 12.2. The fourth-order valence-electron chi connectivity index (χ4n) is 4.63. The van der Waals surface area contributed by atoms with E-state index in [1.165, 1.54) is 12.1 Å². The Hall–Kier alpha value is -2.85. The van der Waals surface area contributed by atoms with Crippen LogP contribution in [0.5, 0.6) is 11.6 Å². The number of carbonyl (C=O) groups is 1. The van der Waals surface area contributed by atoms with Crippen molar-refractivity contribution in [1.29, 1.82) is 0 Å². The number of H-pyrrole nitrogens is 1. The van der Waals surface area contributed by atoms with Crippen LogP contribution < -0.4 is 15.0 Å². The van der Waals surface area contributed by atoms with Crippen LogP contribution in [0.15, 0.2) is 41.2 Å². The summed E-state index contributed by atoms with van der Waals surface area (Å²) in [6, 6.07) is 10.3. The van der Waals surface area contributed by atoms with E-state index in [1.807, 2.05) is 43.3 Å². The van der Waals surface area contributed by atoms with E-state index in [4.69, 9.17) is 37.4 Å². The average Bonchev–Trinajstić information content (AvgIpc) is 2.83. The van der Waals surface area contributed by atoms with Crippen LogP contribution in [0, 0.1) is 5.92 Å². The van der Waals surface area contributed by atoms with Gasteiger partial charge in [0.2, 0.25) is 0 Å². The molecule has 1 saturated carbocycles. The second kappa shape index (κ2) is 10.6. The van der Waals surface area contributed by atoms with Gasteiger partial charge in [-0.3, -0.25) is 4.79 Å². The van der Waals surface area contributed by atoms with E-state index in [1.54, 1.807) is 7.11 Å². The zero-order chi connectivity index (χ0) is 26.0. The number of aromatic amines is 1. The first-order valence-corrected chi connectivity index (χ1v) is 12.1. The second-order valence-electron chi connectivity index (χ2n) is 9.14. The van der Waals surface area contributed by atoms with Crippen LogP contribution in [0.25, 0.3) is 11.0 Å². The Kier molecular flexibility index (Phi) is 7.75. The zero-order valence-corrected chi connectivity index (χ0v) is 21.6. The predicted octanol–water partition coefficient (Wildman–Crippen LogP) is 4.37. The number of nitrogens with zero attached hydrogens (tertiary/aromatic N) is 2. The third-order valence-electron chi connectivity index (χ3n) is 6.37. The van der Waals surface area contributed by atoms with Crippen molar-refractivity contribution in [3.63, 3.8) is 0 Å². The van der Waals surface area contributed by atoms with Crippen molar-refractivity contribution in [2.45, 2.75) is 31.0 Å². The first kappa shape index (κ1) is 26.2. The summed E-state index contributed by atoms with van der Waals surface area (Å²) in [5.74, 6) is -0.0391. The Bertz CT molecular complexity index is 1330. The van der Waals surface area contributed by atoms with E-state index >= 15 is 0 Å². The summed E-state index contributed by atoms with van der Waals surface area (Å²) in [6.45, 7) is 0.567. The van der Waals surface area contributed by atoms with E-state index in [-0.39, 0.29) is 16.0 Å². The molecule has 3 aromatic rings. The highest BCUT2D eigenvalue weighted by atomic mass is 35.5. The van der Waals surface area contributed by atoms with E-state index in [0.29, 0.717) is 42.6 Å². The third kappa shape index (κ3) is 5.59. The minimum atomic E-state index is -1.12. The Morgan fingerprint density at radius 2 is 2.00 bits per heavy atom. The lowest BCUT2D eigenvalue weighted by atomic mass is 9.70. The van der Waals surface area contributed by atoms with Crippen LogP contribution in [-0.4, -0.2) is 60.0 Å². The molecule has 11 heteroatoms. The Morgan fingerprint density at radius 1 is 1.25 bits per heavy atom. The number of nitrogens with one attached hydrogen (secondary N) is 1. The number of rotatable bonds is 6. The summed E-state index contributed by atoms with van der Waals surface area (Å²) < 4.78 is 16.0. The highest BCUT2D eigenvalue weighted by Gasteiger charge is 2.45. The quantitative estimate of drug-likeness (QED) is 0.447. The van der Waals surface area contributed by atoms with Gasteiger partial charge < -0.3 is 29.2 Å². The number of benzene rings is 2. The van der Waals surface area contributed by atoms with Gasteiger partial charge in [0.05, 0.1) is 33.8 Å². The van der Waals surface area contributed by atoms with Crippen LogP contribution >= 0.6 is 23.2 Å². The van der Waals surface area contributed by atoms with Crippen molar-refractivity contribution in [1.82, 2.24) is 14.9 Å². The van der Waals surface area contributed by atoms with Crippen LogP contribution in [-0.2, 0) is 10.3 Å². The van der Waals surface area contributed by atoms with Gasteiger partial charge in [0.1, 0.15) is 11.9 Å². The molecule has 9 nitrogen and oxygen atoms in total. The molecule has 2 aromatic carbocycles. The minimum absolute atomic E-state index is 0.236. The van der Waals surface area contributed by atoms with Crippen LogP contribution in [0.1, 0.15) is 24.8 Å². The normalized spacial score (nSPS) is 22.0. The molecular formula is C25H27Cl2N3O6. The number of fused-ring (bicyclic) bond motifs is 1. The van der Waals surface area contributed by atoms with Crippen molar-refractivity contribution in [2.24, 2.45) is 5.92 Å². The first-order chi connectivity index (χ1) is 17.1. The van der Waals surface area contributed by atoms with Crippen molar-refractivity contribution in [3.8, 4) is 11.6 Å². The number of ether oxygens (including phenoxy) is 3. The molecule has 3 atom stereocenters. The van der Waals surface area contributed by atoms with Gasteiger partial charge in [-0.1, -0.05) is 35.3 Å². The Labute approximate surface area is 217 Å². The smallest absolute Gasteiger partial charge is 0.497 e. The maximum atomic E-state index is 12.6. The van der Waals surface area contributed by atoms with Gasteiger partial charge in [-0.05, 0) is 63.2 Å². The first-order valence-electron chi connectivity index (χ1n) is 11.4. The lowest BCUT2D eigenvalue weighted by molar-refractivity contribution is -0.0974. The summed E-state index contributed by atoms with van der Waals surface area (Å²) in [4.78, 5) is 33.5. The van der Waals surface area contributed by atoms with E-state index < -0.39 is 29.3 Å². The number of hydrogen-bond acceptors (Lipinski definition) is 8. The maximum Gasteiger partial charge on any atom is 0.515 e. The molecular weight excluding hydrogens is 509 g/mol. The molecule has 1 aliphatic rings. The molecule has 0 amide bonds. The number of aromatic nitrogens is 2. The minimum Gasteiger partial charge on any atom is -0.497 e. The summed E-state index contributed by atoms with van der Waals surface area (Å²) in [7, 11) is 5.42. The lowest BCUT2D eigenvalue weighted by Crippen LogP contribution is -2.47. The average molecular weight is 536 g/mol. The van der Waals surface area contributed by atoms with Gasteiger partial charge in [0.25, 0.3) is 5.88 Å². The number of methoxy groups -OCH3 is 1.